The van der Waals surface area contributed by atoms with Crippen LogP contribution in [-0.4, -0.2) is 44.8 Å². The van der Waals surface area contributed by atoms with Crippen LogP contribution in [0.25, 0.3) is 10.9 Å². The quantitative estimate of drug-likeness (QED) is 0.639. The summed E-state index contributed by atoms with van der Waals surface area (Å²) < 4.78 is 0. The molecule has 2 aromatic carbocycles. The van der Waals surface area contributed by atoms with Crippen molar-refractivity contribution in [1.82, 2.24) is 19.8 Å². The van der Waals surface area contributed by atoms with Gasteiger partial charge in [-0.1, -0.05) is 49.4 Å². The van der Waals surface area contributed by atoms with E-state index in [1.165, 1.54) is 0 Å². The van der Waals surface area contributed by atoms with Crippen LogP contribution in [0.1, 0.15) is 32.2 Å². The number of para-hydroxylation sites is 1. The molecule has 0 spiro atoms. The van der Waals surface area contributed by atoms with Gasteiger partial charge in [0.2, 0.25) is 5.91 Å². The van der Waals surface area contributed by atoms with E-state index in [1.54, 1.807) is 6.07 Å². The molecule has 29 heavy (non-hydrogen) atoms. The van der Waals surface area contributed by atoms with E-state index in [2.05, 4.69) is 9.97 Å². The van der Waals surface area contributed by atoms with Crippen LogP contribution in [0, 0.1) is 0 Å². The van der Waals surface area contributed by atoms with Gasteiger partial charge in [0.1, 0.15) is 5.82 Å². The summed E-state index contributed by atoms with van der Waals surface area (Å²) >= 11 is 0. The summed E-state index contributed by atoms with van der Waals surface area (Å²) in [6.07, 6.45) is 0. The number of carbonyl (C=O) groups excluding carboxylic acids is 1. The van der Waals surface area contributed by atoms with E-state index in [4.69, 9.17) is 0 Å². The molecular formula is C23H28N4O2. The molecule has 1 aromatic heterocycles. The van der Waals surface area contributed by atoms with Crippen LogP contribution < -0.4 is 5.56 Å². The molecule has 0 saturated carbocycles. The molecule has 0 aliphatic rings. The van der Waals surface area contributed by atoms with Gasteiger partial charge in [0.05, 0.1) is 24.0 Å². The molecule has 0 aliphatic heterocycles. The van der Waals surface area contributed by atoms with Crippen LogP contribution in [0.2, 0.25) is 0 Å². The lowest BCUT2D eigenvalue weighted by Gasteiger charge is -2.30. The summed E-state index contributed by atoms with van der Waals surface area (Å²) in [5.74, 6) is 0.636. The third-order valence-corrected chi connectivity index (χ3v) is 4.98. The lowest BCUT2D eigenvalue weighted by atomic mass is 10.2. The molecule has 0 bridgehead atoms. The molecule has 6 nitrogen and oxygen atoms in total. The van der Waals surface area contributed by atoms with Crippen LogP contribution in [0.5, 0.6) is 0 Å². The Labute approximate surface area is 171 Å². The SMILES string of the molecule is CCN(CC(=O)N(Cc1ccccc1)C(C)C)Cc1nc2ccccc2c(=O)[nH]1. The number of nitrogens with one attached hydrogen (secondary N) is 1. The molecule has 1 heterocycles. The highest BCUT2D eigenvalue weighted by molar-refractivity contribution is 5.79. The predicted molar refractivity (Wildman–Crippen MR) is 115 cm³/mol. The molecule has 0 saturated heterocycles. The molecule has 0 aliphatic carbocycles. The van der Waals surface area contributed by atoms with Crippen LogP contribution in [0.4, 0.5) is 0 Å². The Bertz CT molecular complexity index is 1010. The lowest BCUT2D eigenvalue weighted by molar-refractivity contribution is -0.134. The van der Waals surface area contributed by atoms with Gasteiger partial charge in [0.25, 0.3) is 5.56 Å². The Morgan fingerprint density at radius 1 is 1.03 bits per heavy atom. The van der Waals surface area contributed by atoms with E-state index >= 15 is 0 Å². The molecular weight excluding hydrogens is 364 g/mol. The van der Waals surface area contributed by atoms with Crippen LogP contribution >= 0.6 is 0 Å². The second-order valence-electron chi connectivity index (χ2n) is 7.43. The average Bonchev–Trinajstić information content (AvgIpc) is 2.72. The molecule has 0 fully saturated rings. The van der Waals surface area contributed by atoms with Gasteiger partial charge < -0.3 is 9.88 Å². The van der Waals surface area contributed by atoms with Gasteiger partial charge in [-0.15, -0.1) is 0 Å². The van der Waals surface area contributed by atoms with Crippen molar-refractivity contribution in [3.05, 3.63) is 76.3 Å². The number of carbonyl (C=O) groups is 1. The number of likely N-dealkylation sites (N-methyl/N-ethyl adjacent to an activating group) is 1. The van der Waals surface area contributed by atoms with E-state index < -0.39 is 0 Å². The fourth-order valence-corrected chi connectivity index (χ4v) is 3.32. The number of hydrogen-bond donors (Lipinski definition) is 1. The maximum absolute atomic E-state index is 13.0. The largest absolute Gasteiger partial charge is 0.335 e. The minimum Gasteiger partial charge on any atom is -0.335 e. The molecule has 0 unspecified atom stereocenters. The minimum absolute atomic E-state index is 0.0637. The number of benzene rings is 2. The molecule has 0 atom stereocenters. The highest BCUT2D eigenvalue weighted by Crippen LogP contribution is 2.11. The Kier molecular flexibility index (Phi) is 6.77. The van der Waals surface area contributed by atoms with E-state index in [9.17, 15) is 9.59 Å². The summed E-state index contributed by atoms with van der Waals surface area (Å²) in [5.41, 5.74) is 1.63. The molecule has 6 heteroatoms. The third-order valence-electron chi connectivity index (χ3n) is 4.98. The maximum Gasteiger partial charge on any atom is 0.258 e. The average molecular weight is 393 g/mol. The van der Waals surface area contributed by atoms with Crippen molar-refractivity contribution >= 4 is 16.8 Å². The number of hydrogen-bond acceptors (Lipinski definition) is 4. The zero-order valence-corrected chi connectivity index (χ0v) is 17.3. The van der Waals surface area contributed by atoms with Crippen molar-refractivity contribution in [3.63, 3.8) is 0 Å². The van der Waals surface area contributed by atoms with Gasteiger partial charge in [-0.05, 0) is 38.1 Å². The Morgan fingerprint density at radius 2 is 1.72 bits per heavy atom. The van der Waals surface area contributed by atoms with Crippen molar-refractivity contribution in [2.45, 2.75) is 39.9 Å². The van der Waals surface area contributed by atoms with Crippen LogP contribution in [0.3, 0.4) is 0 Å². The molecule has 0 radical (unpaired) electrons. The first-order chi connectivity index (χ1) is 14.0. The zero-order valence-electron chi connectivity index (χ0n) is 17.3. The summed E-state index contributed by atoms with van der Waals surface area (Å²) in [5, 5.41) is 0.573. The number of fused-ring (bicyclic) bond motifs is 1. The molecule has 3 rings (SSSR count). The van der Waals surface area contributed by atoms with Crippen molar-refractivity contribution in [3.8, 4) is 0 Å². The van der Waals surface area contributed by atoms with Gasteiger partial charge in [-0.2, -0.15) is 0 Å². The Morgan fingerprint density at radius 3 is 2.41 bits per heavy atom. The Hall–Kier alpha value is -2.99. The summed E-state index contributed by atoms with van der Waals surface area (Å²) in [7, 11) is 0. The summed E-state index contributed by atoms with van der Waals surface area (Å²) in [4.78, 5) is 36.6. The molecule has 1 amide bonds. The minimum atomic E-state index is -0.152. The number of aromatic nitrogens is 2. The second-order valence-corrected chi connectivity index (χ2v) is 7.43. The number of aromatic amines is 1. The molecule has 3 aromatic rings. The van der Waals surface area contributed by atoms with Crippen molar-refractivity contribution in [2.24, 2.45) is 0 Å². The molecule has 152 valence electrons. The van der Waals surface area contributed by atoms with Crippen LogP contribution in [0.15, 0.2) is 59.4 Å². The monoisotopic (exact) mass is 392 g/mol. The third kappa shape index (κ3) is 5.29. The van der Waals surface area contributed by atoms with Gasteiger partial charge in [0, 0.05) is 12.6 Å². The standard InChI is InChI=1S/C23H28N4O2/c1-4-26(15-21-24-20-13-9-8-12-19(20)23(29)25-21)16-22(28)27(17(2)3)14-18-10-6-5-7-11-18/h5-13,17H,4,14-16H2,1-3H3,(H,24,25,29). The smallest absolute Gasteiger partial charge is 0.258 e. The fourth-order valence-electron chi connectivity index (χ4n) is 3.32. The summed E-state index contributed by atoms with van der Waals surface area (Å²) in [6, 6.07) is 17.4. The van der Waals surface area contributed by atoms with E-state index in [0.717, 1.165) is 5.56 Å². The predicted octanol–water partition coefficient (Wildman–Crippen LogP) is 3.18. The van der Waals surface area contributed by atoms with Gasteiger partial charge >= 0.3 is 0 Å². The van der Waals surface area contributed by atoms with E-state index in [1.807, 2.05) is 79.1 Å². The zero-order chi connectivity index (χ0) is 20.8. The van der Waals surface area contributed by atoms with E-state index in [0.29, 0.717) is 36.4 Å². The van der Waals surface area contributed by atoms with Crippen molar-refractivity contribution in [2.75, 3.05) is 13.1 Å². The van der Waals surface area contributed by atoms with Crippen LogP contribution in [-0.2, 0) is 17.9 Å². The van der Waals surface area contributed by atoms with Gasteiger partial charge in [-0.3, -0.25) is 14.5 Å². The maximum atomic E-state index is 13.0. The lowest BCUT2D eigenvalue weighted by Crippen LogP contribution is -2.43. The second kappa shape index (κ2) is 9.47. The number of amides is 1. The normalized spacial score (nSPS) is 11.3. The van der Waals surface area contributed by atoms with E-state index in [-0.39, 0.29) is 24.1 Å². The number of rotatable bonds is 8. The van der Waals surface area contributed by atoms with Crippen molar-refractivity contribution in [1.29, 1.82) is 0 Å². The first-order valence-corrected chi connectivity index (χ1v) is 10.0. The highest BCUT2D eigenvalue weighted by Gasteiger charge is 2.20. The highest BCUT2D eigenvalue weighted by atomic mass is 16.2. The first kappa shape index (κ1) is 20.7. The first-order valence-electron chi connectivity index (χ1n) is 10.0. The van der Waals surface area contributed by atoms with Crippen molar-refractivity contribution < 1.29 is 4.79 Å². The number of H-pyrrole nitrogens is 1. The fraction of sp³-hybridized carbons (Fsp3) is 0.348. The Balaban J connectivity index is 1.72. The molecule has 1 N–H and O–H groups in total. The summed E-state index contributed by atoms with van der Waals surface area (Å²) in [6.45, 7) is 8.01. The number of nitrogens with zero attached hydrogens (tertiary/aromatic N) is 3. The topological polar surface area (TPSA) is 69.3 Å². The van der Waals surface area contributed by atoms with Gasteiger partial charge in [-0.25, -0.2) is 4.98 Å². The van der Waals surface area contributed by atoms with Gasteiger partial charge in [0.15, 0.2) is 0 Å².